The van der Waals surface area contributed by atoms with Crippen LogP contribution in [0.5, 0.6) is 0 Å². The highest BCUT2D eigenvalue weighted by Crippen LogP contribution is 2.28. The zero-order valence-electron chi connectivity index (χ0n) is 14.0. The van der Waals surface area contributed by atoms with E-state index < -0.39 is 12.0 Å². The fourth-order valence-electron chi connectivity index (χ4n) is 2.36. The number of hydrogen-bond acceptors (Lipinski definition) is 2. The van der Waals surface area contributed by atoms with Crippen molar-refractivity contribution in [1.82, 2.24) is 9.55 Å². The summed E-state index contributed by atoms with van der Waals surface area (Å²) in [5, 5.41) is 5.68. The van der Waals surface area contributed by atoms with Crippen molar-refractivity contribution in [2.75, 3.05) is 10.6 Å². The van der Waals surface area contributed by atoms with E-state index in [9.17, 15) is 13.6 Å². The number of benzene rings is 2. The molecule has 0 saturated heterocycles. The van der Waals surface area contributed by atoms with Crippen molar-refractivity contribution in [2.45, 2.75) is 12.8 Å². The second kappa shape index (κ2) is 7.54. The summed E-state index contributed by atoms with van der Waals surface area (Å²) in [6, 6.07) is 11.7. The number of hydrogen-bond donors (Lipinski definition) is 2. The molecule has 3 aromatic rings. The standard InChI is InChI=1S/C18H14Cl2F2N4O/c1-18(21,22)11-5-7-12(8-6-11)24-17(27)25-13-3-2-4-14(9-13)26-10-23-15(19)16(26)20/h2-10H,1H3,(H2,24,25,27). The van der Waals surface area contributed by atoms with Crippen molar-refractivity contribution in [2.24, 2.45) is 0 Å². The number of nitrogens with one attached hydrogen (secondary N) is 2. The molecule has 0 aliphatic rings. The summed E-state index contributed by atoms with van der Waals surface area (Å²) in [6.07, 6.45) is 1.47. The third kappa shape index (κ3) is 4.56. The Balaban J connectivity index is 1.69. The Morgan fingerprint density at radius 3 is 2.33 bits per heavy atom. The lowest BCUT2D eigenvalue weighted by Gasteiger charge is -2.12. The minimum absolute atomic E-state index is 0.128. The van der Waals surface area contributed by atoms with Crippen LogP contribution in [0.15, 0.2) is 54.9 Å². The molecule has 9 heteroatoms. The van der Waals surface area contributed by atoms with Crippen LogP contribution in [0.2, 0.25) is 10.3 Å². The Morgan fingerprint density at radius 2 is 1.74 bits per heavy atom. The number of anilines is 2. The predicted molar refractivity (Wildman–Crippen MR) is 102 cm³/mol. The molecule has 0 atom stereocenters. The molecule has 2 N–H and O–H groups in total. The van der Waals surface area contributed by atoms with Gasteiger partial charge in [0.15, 0.2) is 10.3 Å². The van der Waals surface area contributed by atoms with Gasteiger partial charge in [0.1, 0.15) is 6.33 Å². The minimum atomic E-state index is -2.93. The summed E-state index contributed by atoms with van der Waals surface area (Å²) in [4.78, 5) is 16.1. The van der Waals surface area contributed by atoms with E-state index >= 15 is 0 Å². The van der Waals surface area contributed by atoms with E-state index in [2.05, 4.69) is 15.6 Å². The fraction of sp³-hybridized carbons (Fsp3) is 0.111. The lowest BCUT2D eigenvalue weighted by molar-refractivity contribution is 0.0175. The molecule has 1 heterocycles. The first kappa shape index (κ1) is 19.1. The highest BCUT2D eigenvalue weighted by atomic mass is 35.5. The second-order valence-corrected chi connectivity index (χ2v) is 6.51. The number of aromatic nitrogens is 2. The molecule has 0 fully saturated rings. The highest BCUT2D eigenvalue weighted by molar-refractivity contribution is 6.40. The van der Waals surface area contributed by atoms with Gasteiger partial charge in [0.2, 0.25) is 0 Å². The maximum Gasteiger partial charge on any atom is 0.323 e. The van der Waals surface area contributed by atoms with Crippen LogP contribution < -0.4 is 10.6 Å². The van der Waals surface area contributed by atoms with Crippen molar-refractivity contribution in [1.29, 1.82) is 0 Å². The van der Waals surface area contributed by atoms with E-state index in [1.165, 1.54) is 30.6 Å². The van der Waals surface area contributed by atoms with Gasteiger partial charge in [-0.2, -0.15) is 0 Å². The van der Waals surface area contributed by atoms with Gasteiger partial charge in [-0.15, -0.1) is 0 Å². The third-order valence-electron chi connectivity index (χ3n) is 3.70. The minimum Gasteiger partial charge on any atom is -0.308 e. The summed E-state index contributed by atoms with van der Waals surface area (Å²) in [5.74, 6) is -2.93. The molecule has 0 radical (unpaired) electrons. The number of carbonyl (C=O) groups is 1. The zero-order valence-corrected chi connectivity index (χ0v) is 15.5. The SMILES string of the molecule is CC(F)(F)c1ccc(NC(=O)Nc2cccc(-n3cnc(Cl)c3Cl)c2)cc1. The number of urea groups is 1. The lowest BCUT2D eigenvalue weighted by atomic mass is 10.1. The zero-order chi connectivity index (χ0) is 19.6. The van der Waals surface area contributed by atoms with Crippen LogP contribution >= 0.6 is 23.2 Å². The van der Waals surface area contributed by atoms with Gasteiger partial charge < -0.3 is 10.6 Å². The van der Waals surface area contributed by atoms with Crippen LogP contribution in [0.4, 0.5) is 25.0 Å². The van der Waals surface area contributed by atoms with Crippen molar-refractivity contribution in [3.8, 4) is 5.69 Å². The molecule has 0 aliphatic heterocycles. The van der Waals surface area contributed by atoms with Gasteiger partial charge in [-0.1, -0.05) is 41.4 Å². The van der Waals surface area contributed by atoms with Crippen LogP contribution in [0.1, 0.15) is 12.5 Å². The van der Waals surface area contributed by atoms with Gasteiger partial charge in [0, 0.05) is 23.9 Å². The van der Waals surface area contributed by atoms with Gasteiger partial charge in [-0.25, -0.2) is 18.6 Å². The van der Waals surface area contributed by atoms with Crippen molar-refractivity contribution < 1.29 is 13.6 Å². The van der Waals surface area contributed by atoms with Gasteiger partial charge in [-0.05, 0) is 30.3 Å². The van der Waals surface area contributed by atoms with E-state index in [-0.39, 0.29) is 15.9 Å². The average Bonchev–Trinajstić information content (AvgIpc) is 2.94. The number of imidazole rings is 1. The summed E-state index contributed by atoms with van der Waals surface area (Å²) in [7, 11) is 0. The molecule has 27 heavy (non-hydrogen) atoms. The van der Waals surface area contributed by atoms with Gasteiger partial charge in [0.25, 0.3) is 5.92 Å². The molecule has 140 valence electrons. The number of carbonyl (C=O) groups excluding carboxylic acids is 1. The van der Waals surface area contributed by atoms with E-state index in [1.807, 2.05) is 0 Å². The molecule has 0 aliphatic carbocycles. The van der Waals surface area contributed by atoms with Crippen LogP contribution in [-0.4, -0.2) is 15.6 Å². The van der Waals surface area contributed by atoms with E-state index in [0.717, 1.165) is 6.92 Å². The average molecular weight is 411 g/mol. The number of nitrogens with zero attached hydrogens (tertiary/aromatic N) is 2. The third-order valence-corrected chi connectivity index (χ3v) is 4.43. The van der Waals surface area contributed by atoms with E-state index in [4.69, 9.17) is 23.2 Å². The number of alkyl halides is 2. The summed E-state index contributed by atoms with van der Waals surface area (Å²) in [5.41, 5.74) is 1.42. The molecule has 0 bridgehead atoms. The summed E-state index contributed by atoms with van der Waals surface area (Å²) in [6.45, 7) is 0.814. The van der Waals surface area contributed by atoms with Crippen LogP contribution in [-0.2, 0) is 5.92 Å². The van der Waals surface area contributed by atoms with Crippen LogP contribution in [0.25, 0.3) is 5.69 Å². The Labute approximate surface area is 163 Å². The monoisotopic (exact) mass is 410 g/mol. The lowest BCUT2D eigenvalue weighted by Crippen LogP contribution is -2.19. The Hall–Kier alpha value is -2.64. The maximum absolute atomic E-state index is 13.2. The second-order valence-electron chi connectivity index (χ2n) is 5.79. The first-order valence-electron chi connectivity index (χ1n) is 7.79. The Bertz CT molecular complexity index is 968. The topological polar surface area (TPSA) is 59.0 Å². The smallest absolute Gasteiger partial charge is 0.308 e. The number of halogens is 4. The number of amides is 2. The van der Waals surface area contributed by atoms with Crippen LogP contribution in [0.3, 0.4) is 0 Å². The van der Waals surface area contributed by atoms with E-state index in [1.54, 1.807) is 28.8 Å². The number of rotatable bonds is 4. The fourth-order valence-corrected chi connectivity index (χ4v) is 2.69. The quantitative estimate of drug-likeness (QED) is 0.559. The predicted octanol–water partition coefficient (Wildman–Crippen LogP) is 5.93. The maximum atomic E-state index is 13.2. The van der Waals surface area contributed by atoms with E-state index in [0.29, 0.717) is 17.1 Å². The first-order valence-corrected chi connectivity index (χ1v) is 8.55. The molecule has 5 nitrogen and oxygen atoms in total. The molecule has 2 aromatic carbocycles. The molecule has 1 aromatic heterocycles. The largest absolute Gasteiger partial charge is 0.323 e. The van der Waals surface area contributed by atoms with Gasteiger partial charge in [-0.3, -0.25) is 4.57 Å². The molecular formula is C18H14Cl2F2N4O. The molecule has 0 unspecified atom stereocenters. The van der Waals surface area contributed by atoms with Gasteiger partial charge in [0.05, 0.1) is 5.69 Å². The highest BCUT2D eigenvalue weighted by Gasteiger charge is 2.23. The van der Waals surface area contributed by atoms with Gasteiger partial charge >= 0.3 is 6.03 Å². The van der Waals surface area contributed by atoms with Crippen LogP contribution in [0, 0.1) is 0 Å². The molecular weight excluding hydrogens is 397 g/mol. The normalized spacial score (nSPS) is 11.3. The van der Waals surface area contributed by atoms with Crippen molar-refractivity contribution in [3.05, 3.63) is 70.7 Å². The summed E-state index contributed by atoms with van der Waals surface area (Å²) >= 11 is 11.9. The molecule has 0 saturated carbocycles. The van der Waals surface area contributed by atoms with Crippen molar-refractivity contribution >= 4 is 40.6 Å². The Kier molecular flexibility index (Phi) is 5.34. The Morgan fingerprint density at radius 1 is 1.07 bits per heavy atom. The molecule has 3 rings (SSSR count). The summed E-state index contributed by atoms with van der Waals surface area (Å²) < 4.78 is 28.0. The molecule has 0 spiro atoms. The molecule has 2 amide bonds. The first-order chi connectivity index (χ1) is 12.7. The van der Waals surface area contributed by atoms with Crippen molar-refractivity contribution in [3.63, 3.8) is 0 Å².